The maximum Gasteiger partial charge on any atom is 0.223 e. The first-order valence-electron chi connectivity index (χ1n) is 8.38. The van der Waals surface area contributed by atoms with E-state index in [2.05, 4.69) is 9.88 Å². The van der Waals surface area contributed by atoms with Crippen molar-refractivity contribution >= 4 is 11.7 Å². The third-order valence-electron chi connectivity index (χ3n) is 4.68. The van der Waals surface area contributed by atoms with Crippen molar-refractivity contribution in [2.24, 2.45) is 5.92 Å². The van der Waals surface area contributed by atoms with Crippen LogP contribution in [0.15, 0.2) is 18.2 Å². The third kappa shape index (κ3) is 4.13. The van der Waals surface area contributed by atoms with Crippen LogP contribution >= 0.6 is 0 Å². The predicted octanol–water partition coefficient (Wildman–Crippen LogP) is 1.56. The summed E-state index contributed by atoms with van der Waals surface area (Å²) in [6.07, 6.45) is 2.74. The topological polar surface area (TPSA) is 54.9 Å². The van der Waals surface area contributed by atoms with Gasteiger partial charge in [-0.2, -0.15) is 4.98 Å². The third-order valence-corrected chi connectivity index (χ3v) is 4.68. The number of carbonyl (C=O) groups excluding carboxylic acids is 1. The van der Waals surface area contributed by atoms with Gasteiger partial charge in [0.05, 0.1) is 20.3 Å². The lowest BCUT2D eigenvalue weighted by molar-refractivity contribution is -0.136. The second-order valence-corrected chi connectivity index (χ2v) is 6.17. The summed E-state index contributed by atoms with van der Waals surface area (Å²) in [7, 11) is 1.63. The van der Waals surface area contributed by atoms with Crippen LogP contribution in [0.4, 0.5) is 5.82 Å². The molecule has 2 aliphatic heterocycles. The highest BCUT2D eigenvalue weighted by molar-refractivity contribution is 5.76. The summed E-state index contributed by atoms with van der Waals surface area (Å²) in [5.74, 6) is 2.37. The van der Waals surface area contributed by atoms with Crippen LogP contribution in [-0.2, 0) is 9.53 Å². The van der Waals surface area contributed by atoms with Gasteiger partial charge in [0.25, 0.3) is 0 Å². The second-order valence-electron chi connectivity index (χ2n) is 6.17. The highest BCUT2D eigenvalue weighted by atomic mass is 16.5. The molecule has 6 heteroatoms. The minimum Gasteiger partial charge on any atom is -0.481 e. The normalized spacial score (nSPS) is 19.7. The molecule has 3 heterocycles. The molecule has 0 bridgehead atoms. The van der Waals surface area contributed by atoms with Crippen LogP contribution in [0.1, 0.15) is 19.3 Å². The monoisotopic (exact) mass is 319 g/mol. The smallest absolute Gasteiger partial charge is 0.223 e. The number of piperidine rings is 1. The summed E-state index contributed by atoms with van der Waals surface area (Å²) in [5, 5.41) is 0. The lowest BCUT2D eigenvalue weighted by Gasteiger charge is -2.34. The van der Waals surface area contributed by atoms with E-state index in [1.165, 1.54) is 0 Å². The van der Waals surface area contributed by atoms with E-state index in [0.29, 0.717) is 31.4 Å². The van der Waals surface area contributed by atoms with Gasteiger partial charge in [0.15, 0.2) is 0 Å². The number of rotatable bonds is 4. The fourth-order valence-corrected chi connectivity index (χ4v) is 3.25. The van der Waals surface area contributed by atoms with Crippen LogP contribution in [0, 0.1) is 5.92 Å². The Balaban J connectivity index is 1.49. The number of anilines is 1. The van der Waals surface area contributed by atoms with Crippen molar-refractivity contribution in [3.8, 4) is 5.88 Å². The highest BCUT2D eigenvalue weighted by Gasteiger charge is 2.25. The molecule has 23 heavy (non-hydrogen) atoms. The van der Waals surface area contributed by atoms with E-state index < -0.39 is 0 Å². The van der Waals surface area contributed by atoms with Gasteiger partial charge in [-0.05, 0) is 24.8 Å². The number of morpholine rings is 1. The molecule has 0 unspecified atom stereocenters. The average Bonchev–Trinajstić information content (AvgIpc) is 2.63. The lowest BCUT2D eigenvalue weighted by Crippen LogP contribution is -2.42. The summed E-state index contributed by atoms with van der Waals surface area (Å²) < 4.78 is 10.5. The first-order valence-corrected chi connectivity index (χ1v) is 8.38. The molecule has 0 radical (unpaired) electrons. The quantitative estimate of drug-likeness (QED) is 0.843. The van der Waals surface area contributed by atoms with Gasteiger partial charge in [0.1, 0.15) is 5.82 Å². The van der Waals surface area contributed by atoms with Crippen molar-refractivity contribution in [2.45, 2.75) is 19.3 Å². The molecule has 1 amide bonds. The molecule has 0 N–H and O–H groups in total. The number of aromatic nitrogens is 1. The SMILES string of the molecule is COc1cccc(N2CCC(CC(=O)N3CCOCC3)CC2)n1. The molecule has 0 aliphatic carbocycles. The van der Waals surface area contributed by atoms with Crippen molar-refractivity contribution in [2.75, 3.05) is 51.4 Å². The van der Waals surface area contributed by atoms with E-state index in [1.807, 2.05) is 23.1 Å². The molecule has 0 aromatic carbocycles. The second kappa shape index (κ2) is 7.64. The first-order chi connectivity index (χ1) is 11.3. The molecule has 2 aliphatic rings. The molecule has 2 saturated heterocycles. The van der Waals surface area contributed by atoms with Crippen molar-refractivity contribution < 1.29 is 14.3 Å². The first kappa shape index (κ1) is 16.1. The zero-order valence-electron chi connectivity index (χ0n) is 13.7. The Labute approximate surface area is 137 Å². The number of ether oxygens (including phenoxy) is 2. The molecular formula is C17H25N3O3. The van der Waals surface area contributed by atoms with E-state index in [9.17, 15) is 4.79 Å². The number of amides is 1. The van der Waals surface area contributed by atoms with E-state index in [1.54, 1.807) is 7.11 Å². The van der Waals surface area contributed by atoms with E-state index in [-0.39, 0.29) is 5.91 Å². The number of hydrogen-bond donors (Lipinski definition) is 0. The predicted molar refractivity (Wildman–Crippen MR) is 87.7 cm³/mol. The van der Waals surface area contributed by atoms with Gasteiger partial charge in [0, 0.05) is 38.7 Å². The Morgan fingerprint density at radius 2 is 2.00 bits per heavy atom. The van der Waals surface area contributed by atoms with Gasteiger partial charge in [-0.15, -0.1) is 0 Å². The molecule has 3 rings (SSSR count). The number of pyridine rings is 1. The van der Waals surface area contributed by atoms with Gasteiger partial charge in [-0.25, -0.2) is 0 Å². The van der Waals surface area contributed by atoms with Crippen LogP contribution < -0.4 is 9.64 Å². The average molecular weight is 319 g/mol. The van der Waals surface area contributed by atoms with Crippen LogP contribution in [0.3, 0.4) is 0 Å². The molecule has 0 saturated carbocycles. The molecule has 1 aromatic rings. The lowest BCUT2D eigenvalue weighted by atomic mass is 9.93. The Bertz CT molecular complexity index is 524. The molecule has 6 nitrogen and oxygen atoms in total. The Kier molecular flexibility index (Phi) is 5.33. The molecule has 0 atom stereocenters. The number of carbonyl (C=O) groups is 1. The van der Waals surface area contributed by atoms with Crippen LogP contribution in [0.2, 0.25) is 0 Å². The van der Waals surface area contributed by atoms with Gasteiger partial charge in [0.2, 0.25) is 11.8 Å². The van der Waals surface area contributed by atoms with E-state index in [4.69, 9.17) is 9.47 Å². The highest BCUT2D eigenvalue weighted by Crippen LogP contribution is 2.25. The minimum atomic E-state index is 0.284. The van der Waals surface area contributed by atoms with Crippen LogP contribution in [0.5, 0.6) is 5.88 Å². The van der Waals surface area contributed by atoms with Crippen LogP contribution in [0.25, 0.3) is 0 Å². The van der Waals surface area contributed by atoms with Crippen molar-refractivity contribution in [3.63, 3.8) is 0 Å². The van der Waals surface area contributed by atoms with Crippen molar-refractivity contribution in [1.82, 2.24) is 9.88 Å². The summed E-state index contributed by atoms with van der Waals surface area (Å²) in [6.45, 7) is 4.72. The number of hydrogen-bond acceptors (Lipinski definition) is 5. The standard InChI is InChI=1S/C17H25N3O3/c1-22-16-4-2-3-15(18-16)19-7-5-14(6-8-19)13-17(21)20-9-11-23-12-10-20/h2-4,14H,5-13H2,1H3. The minimum absolute atomic E-state index is 0.284. The fourth-order valence-electron chi connectivity index (χ4n) is 3.25. The van der Waals surface area contributed by atoms with Crippen LogP contribution in [-0.4, -0.2) is 62.3 Å². The molecule has 126 valence electrons. The zero-order chi connectivity index (χ0) is 16.1. The maximum atomic E-state index is 12.3. The summed E-state index contributed by atoms with van der Waals surface area (Å²) in [6, 6.07) is 5.84. The Morgan fingerprint density at radius 3 is 2.70 bits per heavy atom. The maximum absolute atomic E-state index is 12.3. The van der Waals surface area contributed by atoms with Gasteiger partial charge >= 0.3 is 0 Å². The van der Waals surface area contributed by atoms with Crippen molar-refractivity contribution in [3.05, 3.63) is 18.2 Å². The Morgan fingerprint density at radius 1 is 1.26 bits per heavy atom. The Hall–Kier alpha value is -1.82. The van der Waals surface area contributed by atoms with E-state index in [0.717, 1.165) is 44.8 Å². The van der Waals surface area contributed by atoms with E-state index >= 15 is 0 Å². The van der Waals surface area contributed by atoms with Gasteiger partial charge in [-0.3, -0.25) is 4.79 Å². The summed E-state index contributed by atoms with van der Waals surface area (Å²) in [4.78, 5) is 21.0. The summed E-state index contributed by atoms with van der Waals surface area (Å²) >= 11 is 0. The molecule has 1 aromatic heterocycles. The van der Waals surface area contributed by atoms with Gasteiger partial charge in [-0.1, -0.05) is 6.07 Å². The molecule has 0 spiro atoms. The molecular weight excluding hydrogens is 294 g/mol. The largest absolute Gasteiger partial charge is 0.481 e. The van der Waals surface area contributed by atoms with Gasteiger partial charge < -0.3 is 19.3 Å². The number of nitrogens with zero attached hydrogens (tertiary/aromatic N) is 3. The zero-order valence-corrected chi connectivity index (χ0v) is 13.7. The fraction of sp³-hybridized carbons (Fsp3) is 0.647. The molecule has 2 fully saturated rings. The van der Waals surface area contributed by atoms with Crippen molar-refractivity contribution in [1.29, 1.82) is 0 Å². The number of methoxy groups -OCH3 is 1. The summed E-state index contributed by atoms with van der Waals surface area (Å²) in [5.41, 5.74) is 0.